The van der Waals surface area contributed by atoms with Crippen molar-refractivity contribution in [2.45, 2.75) is 84.7 Å². The maximum Gasteiger partial charge on any atom is 0.271 e. The molecule has 1 aromatic heterocycles. The molecular weight excluding hydrogens is 398 g/mol. The Kier molecular flexibility index (Phi) is 5.68. The van der Waals surface area contributed by atoms with Crippen molar-refractivity contribution < 1.29 is 9.90 Å². The highest BCUT2D eigenvalue weighted by Crippen LogP contribution is 2.67. The van der Waals surface area contributed by atoms with E-state index in [2.05, 4.69) is 36.3 Å². The second-order valence-corrected chi connectivity index (χ2v) is 11.7. The van der Waals surface area contributed by atoms with E-state index in [4.69, 9.17) is 0 Å². The molecule has 1 heterocycles. The zero-order chi connectivity index (χ0) is 22.5. The Morgan fingerprint density at radius 2 is 1.75 bits per heavy atom. The topological polar surface area (TPSA) is 74.6 Å². The van der Waals surface area contributed by atoms with Crippen molar-refractivity contribution >= 4 is 11.6 Å². The number of pyridine rings is 1. The number of nitrogens with one attached hydrogen (secondary N) is 1. The molecule has 0 saturated heterocycles. The summed E-state index contributed by atoms with van der Waals surface area (Å²) in [7, 11) is 0. The third-order valence-electron chi connectivity index (χ3n) is 10.4. The maximum absolute atomic E-state index is 12.4. The third kappa shape index (κ3) is 3.52. The number of carbonyl (C=O) groups excluding carboxylic acids is 1. The number of hydrogen-bond donors (Lipinski definition) is 2. The van der Waals surface area contributed by atoms with E-state index in [1.54, 1.807) is 24.5 Å². The molecule has 4 aliphatic carbocycles. The molecule has 1 amide bonds. The normalized spacial score (nSPS) is 43.7. The smallest absolute Gasteiger partial charge is 0.271 e. The molecule has 5 nitrogen and oxygen atoms in total. The number of hydrogen-bond acceptors (Lipinski definition) is 4. The Balaban J connectivity index is 1.31. The molecular formula is C27H39N3O2. The van der Waals surface area contributed by atoms with Crippen LogP contribution in [-0.2, 0) is 0 Å². The molecule has 4 fully saturated rings. The molecule has 1 aromatic rings. The van der Waals surface area contributed by atoms with Gasteiger partial charge in [0.1, 0.15) is 0 Å². The van der Waals surface area contributed by atoms with Gasteiger partial charge in [0.25, 0.3) is 5.91 Å². The van der Waals surface area contributed by atoms with Gasteiger partial charge in [0, 0.05) is 29.6 Å². The fraction of sp³-hybridized carbons (Fsp3) is 0.741. The second kappa shape index (κ2) is 8.23. The van der Waals surface area contributed by atoms with Crippen molar-refractivity contribution in [3.05, 3.63) is 30.1 Å². The number of carbonyl (C=O) groups is 1. The van der Waals surface area contributed by atoms with E-state index in [1.807, 2.05) is 0 Å². The number of nitrogens with zero attached hydrogens (tertiary/aromatic N) is 2. The summed E-state index contributed by atoms with van der Waals surface area (Å²) >= 11 is 0. The number of fused-ring (bicyclic) bond motifs is 5. The van der Waals surface area contributed by atoms with Crippen molar-refractivity contribution in [3.8, 4) is 0 Å². The molecule has 4 saturated carbocycles. The van der Waals surface area contributed by atoms with Gasteiger partial charge in [-0.1, -0.05) is 13.8 Å². The van der Waals surface area contributed by atoms with Gasteiger partial charge in [0.2, 0.25) is 0 Å². The largest absolute Gasteiger partial charge is 0.393 e. The van der Waals surface area contributed by atoms with Crippen LogP contribution in [0.3, 0.4) is 0 Å². The summed E-state index contributed by atoms with van der Waals surface area (Å²) in [5.74, 6) is 3.38. The Labute approximate surface area is 192 Å². The summed E-state index contributed by atoms with van der Waals surface area (Å²) in [5, 5.41) is 14.8. The lowest BCUT2D eigenvalue weighted by atomic mass is 9.44. The fourth-order valence-corrected chi connectivity index (χ4v) is 8.71. The van der Waals surface area contributed by atoms with Crippen LogP contribution in [0, 0.1) is 40.4 Å². The van der Waals surface area contributed by atoms with Crippen LogP contribution in [0.5, 0.6) is 0 Å². The van der Waals surface area contributed by atoms with Crippen LogP contribution >= 0.6 is 0 Å². The summed E-state index contributed by atoms with van der Waals surface area (Å²) in [6.07, 6.45) is 14.1. The first-order valence-electron chi connectivity index (χ1n) is 12.8. The Hall–Kier alpha value is -1.75. The summed E-state index contributed by atoms with van der Waals surface area (Å²) in [6.45, 7) is 7.17. The average molecular weight is 438 g/mol. The minimum absolute atomic E-state index is 0.0736. The predicted molar refractivity (Wildman–Crippen MR) is 126 cm³/mol. The molecule has 0 spiro atoms. The van der Waals surface area contributed by atoms with E-state index in [0.717, 1.165) is 36.3 Å². The van der Waals surface area contributed by atoms with Crippen LogP contribution < -0.4 is 5.43 Å². The Bertz CT molecular complexity index is 886. The number of amides is 1. The van der Waals surface area contributed by atoms with E-state index >= 15 is 0 Å². The van der Waals surface area contributed by atoms with Crippen molar-refractivity contribution in [2.24, 2.45) is 45.5 Å². The minimum Gasteiger partial charge on any atom is -0.393 e. The minimum atomic E-state index is -0.166. The van der Waals surface area contributed by atoms with Gasteiger partial charge < -0.3 is 5.11 Å². The van der Waals surface area contributed by atoms with Gasteiger partial charge in [-0.05, 0) is 111 Å². The molecule has 0 aliphatic heterocycles. The highest BCUT2D eigenvalue weighted by atomic mass is 16.3. The first-order valence-corrected chi connectivity index (χ1v) is 12.8. The SMILES string of the molecule is C/C(=N\NC(=O)c1ccncc1)[C@@H]1CC[C@@H]2[C@@H]3CC[C@H]4C[C@@H](O)CC[C@]4(C)[C@H]3CC[C@@]21C. The van der Waals surface area contributed by atoms with Crippen molar-refractivity contribution in [3.63, 3.8) is 0 Å². The molecule has 4 aliphatic rings. The van der Waals surface area contributed by atoms with E-state index in [1.165, 1.54) is 44.9 Å². The van der Waals surface area contributed by atoms with Crippen molar-refractivity contribution in [1.29, 1.82) is 0 Å². The highest BCUT2D eigenvalue weighted by Gasteiger charge is 2.60. The van der Waals surface area contributed by atoms with E-state index < -0.39 is 0 Å². The van der Waals surface area contributed by atoms with Crippen LogP contribution in [0.1, 0.15) is 88.9 Å². The van der Waals surface area contributed by atoms with Crippen molar-refractivity contribution in [1.82, 2.24) is 10.4 Å². The lowest BCUT2D eigenvalue weighted by Gasteiger charge is -2.61. The molecule has 2 N–H and O–H groups in total. The van der Waals surface area contributed by atoms with Gasteiger partial charge in [-0.2, -0.15) is 5.10 Å². The zero-order valence-corrected chi connectivity index (χ0v) is 19.9. The predicted octanol–water partition coefficient (Wildman–Crippen LogP) is 5.21. The molecule has 0 aromatic carbocycles. The van der Waals surface area contributed by atoms with E-state index in [-0.39, 0.29) is 17.4 Å². The quantitative estimate of drug-likeness (QED) is 0.504. The van der Waals surface area contributed by atoms with E-state index in [9.17, 15) is 9.90 Å². The number of rotatable bonds is 3. The molecule has 8 atom stereocenters. The first kappa shape index (κ1) is 22.1. The van der Waals surface area contributed by atoms with Crippen LogP contribution in [0.15, 0.2) is 29.6 Å². The molecule has 0 bridgehead atoms. The maximum atomic E-state index is 12.4. The lowest BCUT2D eigenvalue weighted by Crippen LogP contribution is -2.54. The van der Waals surface area contributed by atoms with Gasteiger partial charge in [0.15, 0.2) is 0 Å². The average Bonchev–Trinajstić information content (AvgIpc) is 3.15. The highest BCUT2D eigenvalue weighted by molar-refractivity contribution is 5.95. The monoisotopic (exact) mass is 437 g/mol. The number of aliphatic hydroxyl groups excluding tert-OH is 1. The Morgan fingerprint density at radius 3 is 2.53 bits per heavy atom. The molecule has 0 unspecified atom stereocenters. The number of aliphatic hydroxyl groups is 1. The molecule has 0 radical (unpaired) electrons. The van der Waals surface area contributed by atoms with E-state index in [0.29, 0.717) is 22.8 Å². The van der Waals surface area contributed by atoms with Gasteiger partial charge in [-0.15, -0.1) is 0 Å². The lowest BCUT2D eigenvalue weighted by molar-refractivity contribution is -0.123. The van der Waals surface area contributed by atoms with Crippen LogP contribution in [0.4, 0.5) is 0 Å². The number of aromatic nitrogens is 1. The molecule has 5 rings (SSSR count). The van der Waals surface area contributed by atoms with Gasteiger partial charge in [0.05, 0.1) is 6.10 Å². The third-order valence-corrected chi connectivity index (χ3v) is 10.4. The Morgan fingerprint density at radius 1 is 1.03 bits per heavy atom. The fourth-order valence-electron chi connectivity index (χ4n) is 8.71. The molecule has 5 heteroatoms. The zero-order valence-electron chi connectivity index (χ0n) is 19.9. The van der Waals surface area contributed by atoms with Gasteiger partial charge in [-0.3, -0.25) is 9.78 Å². The van der Waals surface area contributed by atoms with Gasteiger partial charge in [-0.25, -0.2) is 5.43 Å². The summed E-state index contributed by atoms with van der Waals surface area (Å²) in [5.41, 5.74) is 5.17. The number of hydrazone groups is 1. The van der Waals surface area contributed by atoms with Crippen molar-refractivity contribution in [2.75, 3.05) is 0 Å². The summed E-state index contributed by atoms with van der Waals surface area (Å²) in [4.78, 5) is 16.4. The van der Waals surface area contributed by atoms with Crippen LogP contribution in [0.25, 0.3) is 0 Å². The van der Waals surface area contributed by atoms with Crippen LogP contribution in [0.2, 0.25) is 0 Å². The first-order chi connectivity index (χ1) is 15.3. The second-order valence-electron chi connectivity index (χ2n) is 11.7. The summed E-state index contributed by atoms with van der Waals surface area (Å²) in [6, 6.07) is 3.44. The van der Waals surface area contributed by atoms with Crippen LogP contribution in [-0.4, -0.2) is 27.8 Å². The molecule has 32 heavy (non-hydrogen) atoms. The molecule has 174 valence electrons. The van der Waals surface area contributed by atoms with Gasteiger partial charge >= 0.3 is 0 Å². The summed E-state index contributed by atoms with van der Waals surface area (Å²) < 4.78 is 0. The standard InChI is InChI=1S/C27H39N3O2/c1-17(29-30-25(32)18-10-14-28-15-11-18)22-6-7-23-21-5-4-19-16-20(31)8-12-26(19,2)24(21)9-13-27(22,23)3/h10-11,14-15,19-24,31H,4-9,12-13,16H2,1-3H3,(H,30,32)/b29-17+/t19-,20-,21-,22-,23+,24-,26-,27+/m0/s1.